The topological polar surface area (TPSA) is 12.4 Å². The van der Waals surface area contributed by atoms with E-state index in [0.717, 1.165) is 16.7 Å². The highest BCUT2D eigenvalue weighted by Crippen LogP contribution is 2.26. The number of allylic oxidation sites excluding steroid dienone is 5. The van der Waals surface area contributed by atoms with Gasteiger partial charge in [-0.05, 0) is 67.5 Å². The predicted molar refractivity (Wildman–Crippen MR) is 132 cm³/mol. The average molecular weight is 392 g/mol. The van der Waals surface area contributed by atoms with Gasteiger partial charge < -0.3 is 0 Å². The summed E-state index contributed by atoms with van der Waals surface area (Å²) in [5, 5.41) is 0. The van der Waals surface area contributed by atoms with Crippen LogP contribution in [0.15, 0.2) is 108 Å². The first-order chi connectivity index (χ1) is 14.4. The molecule has 0 N–H and O–H groups in total. The first-order valence-corrected chi connectivity index (χ1v) is 10.3. The van der Waals surface area contributed by atoms with Gasteiger partial charge in [-0.1, -0.05) is 97.1 Å². The SMILES string of the molecule is C/C(=C/C(=C\C(=C=NC(C)(C)C)c1ccccc1)c1ccccc1)c1ccccc1. The minimum atomic E-state index is -0.184. The van der Waals surface area contributed by atoms with Crippen LogP contribution >= 0.6 is 0 Å². The van der Waals surface area contributed by atoms with Crippen LogP contribution in [0.2, 0.25) is 0 Å². The number of hydrogen-bond donors (Lipinski definition) is 0. The highest BCUT2D eigenvalue weighted by atomic mass is 14.8. The molecule has 0 amide bonds. The quantitative estimate of drug-likeness (QED) is 0.312. The summed E-state index contributed by atoms with van der Waals surface area (Å²) in [6.07, 6.45) is 4.43. The Morgan fingerprint density at radius 2 is 1.13 bits per heavy atom. The van der Waals surface area contributed by atoms with Gasteiger partial charge in [0.25, 0.3) is 0 Å². The summed E-state index contributed by atoms with van der Waals surface area (Å²) in [4.78, 5) is 4.66. The van der Waals surface area contributed by atoms with Crippen LogP contribution in [-0.2, 0) is 0 Å². The maximum Gasteiger partial charge on any atom is 0.0618 e. The smallest absolute Gasteiger partial charge is 0.0618 e. The van der Waals surface area contributed by atoms with Crippen molar-refractivity contribution in [2.24, 2.45) is 4.99 Å². The highest BCUT2D eigenvalue weighted by Gasteiger charge is 2.07. The second-order valence-electron chi connectivity index (χ2n) is 8.33. The summed E-state index contributed by atoms with van der Waals surface area (Å²) < 4.78 is 0. The lowest BCUT2D eigenvalue weighted by atomic mass is 9.96. The highest BCUT2D eigenvalue weighted by molar-refractivity contribution is 6.01. The van der Waals surface area contributed by atoms with Crippen LogP contribution in [0.3, 0.4) is 0 Å². The Balaban J connectivity index is 2.18. The Labute approximate surface area is 180 Å². The molecule has 0 bridgehead atoms. The molecule has 150 valence electrons. The van der Waals surface area contributed by atoms with Crippen molar-refractivity contribution in [3.63, 3.8) is 0 Å². The number of nitrogens with zero attached hydrogens (tertiary/aromatic N) is 1. The second kappa shape index (κ2) is 9.87. The van der Waals surface area contributed by atoms with E-state index in [4.69, 9.17) is 0 Å². The lowest BCUT2D eigenvalue weighted by Gasteiger charge is -2.10. The van der Waals surface area contributed by atoms with Crippen LogP contribution in [0, 0.1) is 0 Å². The van der Waals surface area contributed by atoms with Gasteiger partial charge >= 0.3 is 0 Å². The fourth-order valence-electron chi connectivity index (χ4n) is 3.04. The molecular weight excluding hydrogens is 362 g/mol. The zero-order valence-electron chi connectivity index (χ0n) is 18.3. The molecule has 0 aliphatic rings. The van der Waals surface area contributed by atoms with Crippen LogP contribution in [0.25, 0.3) is 16.7 Å². The molecule has 0 saturated carbocycles. The van der Waals surface area contributed by atoms with E-state index in [1.807, 2.05) is 18.2 Å². The van der Waals surface area contributed by atoms with Crippen LogP contribution in [0.4, 0.5) is 0 Å². The van der Waals surface area contributed by atoms with Crippen LogP contribution < -0.4 is 0 Å². The maximum absolute atomic E-state index is 4.66. The van der Waals surface area contributed by atoms with Crippen molar-refractivity contribution in [3.8, 4) is 0 Å². The van der Waals surface area contributed by atoms with Gasteiger partial charge in [0.05, 0.1) is 5.54 Å². The van der Waals surface area contributed by atoms with Crippen LogP contribution in [0.1, 0.15) is 44.4 Å². The molecule has 0 fully saturated rings. The van der Waals surface area contributed by atoms with Crippen molar-refractivity contribution in [3.05, 3.63) is 120 Å². The third-order valence-electron chi connectivity index (χ3n) is 4.60. The Kier molecular flexibility index (Phi) is 7.01. The Morgan fingerprint density at radius 1 is 0.667 bits per heavy atom. The molecule has 1 heteroatoms. The normalized spacial score (nSPS) is 12.3. The standard InChI is InChI=1S/C29H29N/c1-23(24-14-8-5-9-15-24)20-27(25-16-10-6-11-17-25)21-28(22-30-29(2,3)4)26-18-12-7-13-19-26/h5-21H,1-4H3/b23-20-,27-21+. The third kappa shape index (κ3) is 6.30. The van der Waals surface area contributed by atoms with Crippen molar-refractivity contribution < 1.29 is 0 Å². The molecule has 3 aromatic carbocycles. The zero-order chi connectivity index (χ0) is 21.4. The lowest BCUT2D eigenvalue weighted by molar-refractivity contribution is 0.588. The van der Waals surface area contributed by atoms with E-state index >= 15 is 0 Å². The Morgan fingerprint density at radius 3 is 1.63 bits per heavy atom. The van der Waals surface area contributed by atoms with Crippen molar-refractivity contribution >= 4 is 22.6 Å². The molecule has 0 aliphatic heterocycles. The molecule has 0 unspecified atom stereocenters. The minimum Gasteiger partial charge on any atom is -0.237 e. The summed E-state index contributed by atoms with van der Waals surface area (Å²) in [5.41, 5.74) is 6.62. The van der Waals surface area contributed by atoms with E-state index in [0.29, 0.717) is 0 Å². The predicted octanol–water partition coefficient (Wildman–Crippen LogP) is 7.73. The average Bonchev–Trinajstić information content (AvgIpc) is 2.77. The summed E-state index contributed by atoms with van der Waals surface area (Å²) in [7, 11) is 0. The molecule has 1 nitrogen and oxygen atoms in total. The van der Waals surface area contributed by atoms with Gasteiger partial charge in [-0.3, -0.25) is 0 Å². The fraction of sp³-hybridized carbons (Fsp3) is 0.172. The number of rotatable bonds is 5. The number of hydrogen-bond acceptors (Lipinski definition) is 1. The molecule has 3 aromatic rings. The molecule has 30 heavy (non-hydrogen) atoms. The van der Waals surface area contributed by atoms with Crippen molar-refractivity contribution in [1.82, 2.24) is 0 Å². The first-order valence-electron chi connectivity index (χ1n) is 10.3. The molecule has 0 heterocycles. The lowest BCUT2D eigenvalue weighted by Crippen LogP contribution is -2.08. The summed E-state index contributed by atoms with van der Waals surface area (Å²) in [6, 6.07) is 31.3. The molecule has 0 atom stereocenters. The van der Waals surface area contributed by atoms with Gasteiger partial charge in [0.15, 0.2) is 0 Å². The number of benzene rings is 3. The molecule has 0 saturated heterocycles. The Bertz CT molecular complexity index is 1070. The largest absolute Gasteiger partial charge is 0.237 e. The summed E-state index contributed by atoms with van der Waals surface area (Å²) in [6.45, 7) is 8.42. The number of aliphatic imine (C=N–C) groups is 1. The summed E-state index contributed by atoms with van der Waals surface area (Å²) in [5.74, 6) is 3.33. The third-order valence-corrected chi connectivity index (χ3v) is 4.60. The Hall–Kier alpha value is -3.41. The van der Waals surface area contributed by atoms with Gasteiger partial charge in [-0.15, -0.1) is 0 Å². The molecule has 0 radical (unpaired) electrons. The van der Waals surface area contributed by atoms with E-state index in [1.165, 1.54) is 16.7 Å². The van der Waals surface area contributed by atoms with Gasteiger partial charge in [-0.2, -0.15) is 0 Å². The van der Waals surface area contributed by atoms with Crippen LogP contribution in [-0.4, -0.2) is 11.4 Å². The fourth-order valence-corrected chi connectivity index (χ4v) is 3.04. The van der Waals surface area contributed by atoms with E-state index in [1.54, 1.807) is 0 Å². The van der Waals surface area contributed by atoms with E-state index in [9.17, 15) is 0 Å². The molecule has 0 aliphatic carbocycles. The minimum absolute atomic E-state index is 0.184. The van der Waals surface area contributed by atoms with E-state index in [2.05, 4.69) is 124 Å². The maximum atomic E-state index is 4.66. The van der Waals surface area contributed by atoms with E-state index < -0.39 is 0 Å². The molecule has 0 spiro atoms. The van der Waals surface area contributed by atoms with Gasteiger partial charge in [0.1, 0.15) is 0 Å². The summed E-state index contributed by atoms with van der Waals surface area (Å²) >= 11 is 0. The second-order valence-corrected chi connectivity index (χ2v) is 8.33. The molecule has 0 aromatic heterocycles. The van der Waals surface area contributed by atoms with Gasteiger partial charge in [-0.25, -0.2) is 4.99 Å². The zero-order valence-corrected chi connectivity index (χ0v) is 18.3. The van der Waals surface area contributed by atoms with Gasteiger partial charge in [0.2, 0.25) is 0 Å². The first kappa shape index (κ1) is 21.3. The monoisotopic (exact) mass is 391 g/mol. The van der Waals surface area contributed by atoms with Crippen molar-refractivity contribution in [1.29, 1.82) is 0 Å². The van der Waals surface area contributed by atoms with Gasteiger partial charge in [0, 0.05) is 5.57 Å². The van der Waals surface area contributed by atoms with Crippen molar-refractivity contribution in [2.45, 2.75) is 33.2 Å². The van der Waals surface area contributed by atoms with Crippen LogP contribution in [0.5, 0.6) is 0 Å². The molecule has 3 rings (SSSR count). The van der Waals surface area contributed by atoms with Crippen molar-refractivity contribution in [2.75, 3.05) is 0 Å². The molecular formula is C29H29N. The van der Waals surface area contributed by atoms with E-state index in [-0.39, 0.29) is 5.54 Å².